The van der Waals surface area contributed by atoms with Gasteiger partial charge in [0.25, 0.3) is 0 Å². The molecule has 0 aliphatic heterocycles. The number of anilines is 1. The maximum Gasteiger partial charge on any atom is 0.308 e. The molecule has 0 fully saturated rings. The Morgan fingerprint density at radius 1 is 1.33 bits per heavy atom. The van der Waals surface area contributed by atoms with E-state index in [1.165, 1.54) is 25.7 Å². The van der Waals surface area contributed by atoms with Crippen LogP contribution < -0.4 is 4.90 Å². The fourth-order valence-electron chi connectivity index (χ4n) is 2.41. The van der Waals surface area contributed by atoms with Crippen molar-refractivity contribution in [3.63, 3.8) is 0 Å². The van der Waals surface area contributed by atoms with Gasteiger partial charge in [-0.25, -0.2) is 4.98 Å². The zero-order valence-electron chi connectivity index (χ0n) is 13.5. The van der Waals surface area contributed by atoms with Crippen LogP contribution in [-0.4, -0.2) is 29.1 Å². The molecule has 4 heteroatoms. The van der Waals surface area contributed by atoms with E-state index in [0.717, 1.165) is 24.3 Å². The van der Waals surface area contributed by atoms with E-state index >= 15 is 0 Å². The lowest BCUT2D eigenvalue weighted by molar-refractivity contribution is -0.140. The van der Waals surface area contributed by atoms with Gasteiger partial charge in [0.2, 0.25) is 0 Å². The van der Waals surface area contributed by atoms with Gasteiger partial charge in [0.1, 0.15) is 5.82 Å². The van der Waals surface area contributed by atoms with Gasteiger partial charge in [-0.3, -0.25) is 4.79 Å². The van der Waals surface area contributed by atoms with Crippen molar-refractivity contribution < 1.29 is 9.90 Å². The summed E-state index contributed by atoms with van der Waals surface area (Å²) in [6.07, 6.45) is 7.81. The van der Waals surface area contributed by atoms with Gasteiger partial charge in [-0.05, 0) is 25.0 Å². The van der Waals surface area contributed by atoms with E-state index in [1.807, 2.05) is 19.1 Å². The molecule has 0 aromatic carbocycles. The fourth-order valence-corrected chi connectivity index (χ4v) is 2.41. The highest BCUT2D eigenvalue weighted by atomic mass is 16.4. The molecule has 0 aliphatic carbocycles. The predicted molar refractivity (Wildman–Crippen MR) is 86.7 cm³/mol. The van der Waals surface area contributed by atoms with Gasteiger partial charge in [-0.15, -0.1) is 0 Å². The van der Waals surface area contributed by atoms with Crippen LogP contribution in [0.2, 0.25) is 0 Å². The molecule has 0 saturated carbocycles. The first kappa shape index (κ1) is 17.5. The van der Waals surface area contributed by atoms with E-state index in [2.05, 4.69) is 16.8 Å². The molecule has 1 atom stereocenters. The molecule has 1 aromatic rings. The summed E-state index contributed by atoms with van der Waals surface area (Å²) in [5.41, 5.74) is 1.10. The van der Waals surface area contributed by atoms with Crippen LogP contribution in [0, 0.1) is 12.8 Å². The summed E-state index contributed by atoms with van der Waals surface area (Å²) in [5.74, 6) is -0.220. The van der Waals surface area contributed by atoms with Crippen LogP contribution in [-0.2, 0) is 4.79 Å². The van der Waals surface area contributed by atoms with Gasteiger partial charge in [-0.2, -0.15) is 0 Å². The summed E-state index contributed by atoms with van der Waals surface area (Å²) in [5, 5.41) is 9.14. The Labute approximate surface area is 128 Å². The number of nitrogens with zero attached hydrogens (tertiary/aromatic N) is 2. The quantitative estimate of drug-likeness (QED) is 0.665. The normalized spacial score (nSPS) is 12.1. The summed E-state index contributed by atoms with van der Waals surface area (Å²) in [4.78, 5) is 17.7. The van der Waals surface area contributed by atoms with Gasteiger partial charge in [0.15, 0.2) is 0 Å². The van der Waals surface area contributed by atoms with Crippen molar-refractivity contribution in [3.8, 4) is 0 Å². The number of carbonyl (C=O) groups is 1. The Kier molecular flexibility index (Phi) is 7.80. The van der Waals surface area contributed by atoms with Crippen LogP contribution in [0.25, 0.3) is 0 Å². The zero-order chi connectivity index (χ0) is 15.7. The topological polar surface area (TPSA) is 53.4 Å². The first-order chi connectivity index (χ1) is 10.1. The van der Waals surface area contributed by atoms with Crippen LogP contribution >= 0.6 is 0 Å². The Morgan fingerprint density at radius 2 is 2.05 bits per heavy atom. The second kappa shape index (κ2) is 9.37. The lowest BCUT2D eigenvalue weighted by Gasteiger charge is -2.27. The fraction of sp³-hybridized carbons (Fsp3) is 0.647. The molecule has 0 amide bonds. The molecule has 0 bridgehead atoms. The SMILES string of the molecule is CCCCCCCN(CC(C)C(=O)O)c1ncccc1C. The van der Waals surface area contributed by atoms with Gasteiger partial charge in [0.05, 0.1) is 5.92 Å². The molecule has 1 unspecified atom stereocenters. The molecule has 0 aliphatic rings. The lowest BCUT2D eigenvalue weighted by atomic mass is 10.1. The molecule has 4 nitrogen and oxygen atoms in total. The molecule has 1 rings (SSSR count). The van der Waals surface area contributed by atoms with Gasteiger partial charge >= 0.3 is 5.97 Å². The Morgan fingerprint density at radius 3 is 2.67 bits per heavy atom. The molecule has 0 saturated heterocycles. The second-order valence-electron chi connectivity index (χ2n) is 5.74. The van der Waals surface area contributed by atoms with Crippen LogP contribution in [0.1, 0.15) is 51.5 Å². The first-order valence-corrected chi connectivity index (χ1v) is 7.95. The molecular weight excluding hydrogens is 264 g/mol. The number of aromatic nitrogens is 1. The second-order valence-corrected chi connectivity index (χ2v) is 5.74. The van der Waals surface area contributed by atoms with Crippen molar-refractivity contribution >= 4 is 11.8 Å². The summed E-state index contributed by atoms with van der Waals surface area (Å²) in [6, 6.07) is 3.94. The average Bonchev–Trinajstić information content (AvgIpc) is 2.46. The van der Waals surface area contributed by atoms with Gasteiger partial charge in [-0.1, -0.05) is 45.6 Å². The molecule has 1 aromatic heterocycles. The molecule has 1 heterocycles. The van der Waals surface area contributed by atoms with E-state index in [9.17, 15) is 4.79 Å². The minimum absolute atomic E-state index is 0.387. The summed E-state index contributed by atoms with van der Waals surface area (Å²) >= 11 is 0. The number of carboxylic acid groups (broad SMARTS) is 1. The third-order valence-corrected chi connectivity index (χ3v) is 3.73. The molecule has 0 spiro atoms. The molecule has 0 radical (unpaired) electrons. The summed E-state index contributed by atoms with van der Waals surface area (Å²) in [6.45, 7) is 7.38. The van der Waals surface area contributed by atoms with Crippen molar-refractivity contribution in [1.82, 2.24) is 4.98 Å². The van der Waals surface area contributed by atoms with E-state index < -0.39 is 5.97 Å². The highest BCUT2D eigenvalue weighted by Gasteiger charge is 2.18. The molecule has 1 N–H and O–H groups in total. The maximum atomic E-state index is 11.1. The van der Waals surface area contributed by atoms with Crippen molar-refractivity contribution in [2.45, 2.75) is 52.9 Å². The summed E-state index contributed by atoms with van der Waals surface area (Å²) < 4.78 is 0. The third-order valence-electron chi connectivity index (χ3n) is 3.73. The van der Waals surface area contributed by atoms with Gasteiger partial charge in [0, 0.05) is 19.3 Å². The largest absolute Gasteiger partial charge is 0.481 e. The Balaban J connectivity index is 2.66. The average molecular weight is 292 g/mol. The number of unbranched alkanes of at least 4 members (excludes halogenated alkanes) is 4. The molecular formula is C17H28N2O2. The highest BCUT2D eigenvalue weighted by molar-refractivity contribution is 5.70. The molecule has 21 heavy (non-hydrogen) atoms. The number of pyridine rings is 1. The number of carboxylic acids is 1. The van der Waals surface area contributed by atoms with E-state index in [-0.39, 0.29) is 5.92 Å². The lowest BCUT2D eigenvalue weighted by Crippen LogP contribution is -2.33. The predicted octanol–water partition coefficient (Wildman–Crippen LogP) is 3.89. The van der Waals surface area contributed by atoms with Crippen molar-refractivity contribution in [1.29, 1.82) is 0 Å². The van der Waals surface area contributed by atoms with Crippen LogP contribution in [0.3, 0.4) is 0 Å². The first-order valence-electron chi connectivity index (χ1n) is 7.95. The Hall–Kier alpha value is -1.58. The number of rotatable bonds is 10. The van der Waals surface area contributed by atoms with E-state index in [4.69, 9.17) is 5.11 Å². The van der Waals surface area contributed by atoms with Crippen molar-refractivity contribution in [2.24, 2.45) is 5.92 Å². The van der Waals surface area contributed by atoms with Crippen LogP contribution in [0.4, 0.5) is 5.82 Å². The van der Waals surface area contributed by atoms with Crippen molar-refractivity contribution in [3.05, 3.63) is 23.9 Å². The number of aryl methyl sites for hydroxylation is 1. The maximum absolute atomic E-state index is 11.1. The number of hydrogen-bond donors (Lipinski definition) is 1. The number of hydrogen-bond acceptors (Lipinski definition) is 3. The highest BCUT2D eigenvalue weighted by Crippen LogP contribution is 2.18. The monoisotopic (exact) mass is 292 g/mol. The standard InChI is InChI=1S/C17H28N2O2/c1-4-5-6-7-8-12-19(13-15(3)17(20)21)16-14(2)10-9-11-18-16/h9-11,15H,4-8,12-13H2,1-3H3,(H,20,21). The zero-order valence-corrected chi connectivity index (χ0v) is 13.5. The third kappa shape index (κ3) is 6.15. The minimum Gasteiger partial charge on any atom is -0.481 e. The summed E-state index contributed by atoms with van der Waals surface area (Å²) in [7, 11) is 0. The van der Waals surface area contributed by atoms with E-state index in [0.29, 0.717) is 6.54 Å². The van der Waals surface area contributed by atoms with Gasteiger partial charge < -0.3 is 10.0 Å². The molecule has 118 valence electrons. The Bertz CT molecular complexity index is 435. The smallest absolute Gasteiger partial charge is 0.308 e. The van der Waals surface area contributed by atoms with E-state index in [1.54, 1.807) is 13.1 Å². The minimum atomic E-state index is -0.750. The number of aliphatic carboxylic acids is 1. The van der Waals surface area contributed by atoms with Crippen molar-refractivity contribution in [2.75, 3.05) is 18.0 Å². The van der Waals surface area contributed by atoms with Crippen LogP contribution in [0.15, 0.2) is 18.3 Å². The van der Waals surface area contributed by atoms with Crippen LogP contribution in [0.5, 0.6) is 0 Å².